The molecule has 0 aliphatic rings. The van der Waals surface area contributed by atoms with Crippen LogP contribution in [0, 0.1) is 0 Å². The zero-order chi connectivity index (χ0) is 7.98. The van der Waals surface area contributed by atoms with Crippen molar-refractivity contribution in [3.05, 3.63) is 0 Å². The summed E-state index contributed by atoms with van der Waals surface area (Å²) in [5.41, 5.74) is 2.79. The largest absolute Gasteiger partial charge is 0.465 e. The molecule has 0 aliphatic carbocycles. The number of hydrogen-bond donors (Lipinski definition) is 1. The van der Waals surface area contributed by atoms with E-state index < -0.39 is 0 Å². The molecular formula is C6H14N2O2. The van der Waals surface area contributed by atoms with Crippen molar-refractivity contribution in [1.82, 2.24) is 10.4 Å². The van der Waals surface area contributed by atoms with Gasteiger partial charge < -0.3 is 4.74 Å². The maximum absolute atomic E-state index is 10.6. The summed E-state index contributed by atoms with van der Waals surface area (Å²) >= 11 is 0. The first-order chi connectivity index (χ1) is 4.66. The highest BCUT2D eigenvalue weighted by Gasteiger charge is 1.99. The third-order valence-electron chi connectivity index (χ3n) is 0.845. The average Bonchev–Trinajstić information content (AvgIpc) is 1.85. The van der Waals surface area contributed by atoms with E-state index >= 15 is 0 Å². The SMILES string of the molecule is CCOC(=O)CNN(C)C. The van der Waals surface area contributed by atoms with Gasteiger partial charge in [-0.2, -0.15) is 0 Å². The number of nitrogens with zero attached hydrogens (tertiary/aromatic N) is 1. The standard InChI is InChI=1S/C6H14N2O2/c1-4-10-6(9)5-7-8(2)3/h7H,4-5H2,1-3H3. The molecule has 4 heteroatoms. The van der Waals surface area contributed by atoms with E-state index in [1.807, 2.05) is 14.1 Å². The number of nitrogens with one attached hydrogen (secondary N) is 1. The Bertz CT molecular complexity index is 104. The van der Waals surface area contributed by atoms with E-state index in [-0.39, 0.29) is 12.5 Å². The first kappa shape index (κ1) is 9.39. The van der Waals surface area contributed by atoms with Gasteiger partial charge in [0.1, 0.15) is 6.54 Å². The van der Waals surface area contributed by atoms with Gasteiger partial charge in [0, 0.05) is 14.1 Å². The molecule has 0 heterocycles. The molecule has 10 heavy (non-hydrogen) atoms. The van der Waals surface area contributed by atoms with Gasteiger partial charge in [-0.25, -0.2) is 5.43 Å². The second kappa shape index (κ2) is 5.20. The van der Waals surface area contributed by atoms with Crippen molar-refractivity contribution in [3.8, 4) is 0 Å². The number of hydrazine groups is 1. The van der Waals surface area contributed by atoms with Crippen LogP contribution in [0.15, 0.2) is 0 Å². The Morgan fingerprint density at radius 1 is 1.60 bits per heavy atom. The fourth-order valence-corrected chi connectivity index (χ4v) is 0.435. The van der Waals surface area contributed by atoms with E-state index in [0.717, 1.165) is 0 Å². The minimum absolute atomic E-state index is 0.226. The van der Waals surface area contributed by atoms with Crippen molar-refractivity contribution in [3.63, 3.8) is 0 Å². The zero-order valence-corrected chi connectivity index (χ0v) is 6.68. The fraction of sp³-hybridized carbons (Fsp3) is 0.833. The van der Waals surface area contributed by atoms with Crippen molar-refractivity contribution in [1.29, 1.82) is 0 Å². The van der Waals surface area contributed by atoms with Crippen LogP contribution in [0.3, 0.4) is 0 Å². The van der Waals surface area contributed by atoms with Gasteiger partial charge in [0.25, 0.3) is 0 Å². The third-order valence-corrected chi connectivity index (χ3v) is 0.845. The summed E-state index contributed by atoms with van der Waals surface area (Å²) in [4.78, 5) is 10.6. The second-order valence-electron chi connectivity index (χ2n) is 2.03. The summed E-state index contributed by atoms with van der Waals surface area (Å²) in [7, 11) is 3.64. The van der Waals surface area contributed by atoms with Gasteiger partial charge in [-0.3, -0.25) is 9.80 Å². The van der Waals surface area contributed by atoms with Crippen molar-refractivity contribution in [2.75, 3.05) is 27.2 Å². The molecule has 0 unspecified atom stereocenters. The van der Waals surface area contributed by atoms with Gasteiger partial charge >= 0.3 is 5.97 Å². The van der Waals surface area contributed by atoms with Gasteiger partial charge in [-0.1, -0.05) is 0 Å². The minimum atomic E-state index is -0.226. The van der Waals surface area contributed by atoms with Crippen LogP contribution in [0.2, 0.25) is 0 Å². The van der Waals surface area contributed by atoms with Crippen LogP contribution in [0.25, 0.3) is 0 Å². The molecule has 0 rings (SSSR count). The Hall–Kier alpha value is -0.610. The molecule has 0 bridgehead atoms. The predicted octanol–water partition coefficient (Wildman–Crippen LogP) is -0.384. The Kier molecular flexibility index (Phi) is 4.88. The summed E-state index contributed by atoms with van der Waals surface area (Å²) < 4.78 is 4.66. The smallest absolute Gasteiger partial charge is 0.321 e. The van der Waals surface area contributed by atoms with Gasteiger partial charge in [0.05, 0.1) is 6.61 Å². The van der Waals surface area contributed by atoms with E-state index in [2.05, 4.69) is 10.2 Å². The number of hydrogen-bond acceptors (Lipinski definition) is 4. The normalized spacial score (nSPS) is 10.0. The van der Waals surface area contributed by atoms with E-state index in [1.165, 1.54) is 0 Å². The van der Waals surface area contributed by atoms with E-state index in [1.54, 1.807) is 11.9 Å². The zero-order valence-electron chi connectivity index (χ0n) is 6.68. The quantitative estimate of drug-likeness (QED) is 0.433. The number of carbonyl (C=O) groups is 1. The monoisotopic (exact) mass is 146 g/mol. The molecule has 0 aliphatic heterocycles. The van der Waals surface area contributed by atoms with Gasteiger partial charge in [0.15, 0.2) is 0 Å². The van der Waals surface area contributed by atoms with E-state index in [0.29, 0.717) is 6.61 Å². The summed E-state index contributed by atoms with van der Waals surface area (Å²) in [6, 6.07) is 0. The molecule has 0 aromatic rings. The Labute approximate surface area is 61.1 Å². The number of ether oxygens (including phenoxy) is 1. The number of carbonyl (C=O) groups excluding carboxylic acids is 1. The average molecular weight is 146 g/mol. The summed E-state index contributed by atoms with van der Waals surface area (Å²) in [5.74, 6) is -0.226. The summed E-state index contributed by atoms with van der Waals surface area (Å²) in [5, 5.41) is 1.71. The maximum Gasteiger partial charge on any atom is 0.321 e. The second-order valence-corrected chi connectivity index (χ2v) is 2.03. The van der Waals surface area contributed by atoms with Crippen LogP contribution in [0.4, 0.5) is 0 Å². The molecule has 4 nitrogen and oxygen atoms in total. The summed E-state index contributed by atoms with van der Waals surface area (Å²) in [6.07, 6.45) is 0. The molecule has 0 aromatic heterocycles. The lowest BCUT2D eigenvalue weighted by Gasteiger charge is -2.10. The lowest BCUT2D eigenvalue weighted by Crippen LogP contribution is -2.35. The lowest BCUT2D eigenvalue weighted by atomic mass is 10.7. The van der Waals surface area contributed by atoms with Crippen LogP contribution < -0.4 is 5.43 Å². The predicted molar refractivity (Wildman–Crippen MR) is 38.3 cm³/mol. The number of esters is 1. The maximum atomic E-state index is 10.6. The van der Waals surface area contributed by atoms with Crippen LogP contribution in [0.5, 0.6) is 0 Å². The van der Waals surface area contributed by atoms with Crippen molar-refractivity contribution < 1.29 is 9.53 Å². The first-order valence-electron chi connectivity index (χ1n) is 3.23. The fourth-order valence-electron chi connectivity index (χ4n) is 0.435. The van der Waals surface area contributed by atoms with Crippen LogP contribution in [-0.4, -0.2) is 38.2 Å². The molecule has 1 N–H and O–H groups in total. The Balaban J connectivity index is 3.22. The highest BCUT2D eigenvalue weighted by atomic mass is 16.5. The van der Waals surface area contributed by atoms with Gasteiger partial charge in [-0.05, 0) is 6.92 Å². The van der Waals surface area contributed by atoms with Crippen molar-refractivity contribution >= 4 is 5.97 Å². The molecule has 0 fully saturated rings. The highest BCUT2D eigenvalue weighted by Crippen LogP contribution is 1.74. The third kappa shape index (κ3) is 5.53. The first-order valence-corrected chi connectivity index (χ1v) is 3.23. The molecule has 60 valence electrons. The van der Waals surface area contributed by atoms with Crippen molar-refractivity contribution in [2.45, 2.75) is 6.92 Å². The molecular weight excluding hydrogens is 132 g/mol. The molecule has 0 amide bonds. The van der Waals surface area contributed by atoms with Gasteiger partial charge in [-0.15, -0.1) is 0 Å². The van der Waals surface area contributed by atoms with Gasteiger partial charge in [0.2, 0.25) is 0 Å². The Morgan fingerprint density at radius 2 is 2.20 bits per heavy atom. The Morgan fingerprint density at radius 3 is 2.60 bits per heavy atom. The molecule has 0 atom stereocenters. The molecule has 0 aromatic carbocycles. The lowest BCUT2D eigenvalue weighted by molar-refractivity contribution is -0.142. The van der Waals surface area contributed by atoms with Crippen LogP contribution in [0.1, 0.15) is 6.92 Å². The minimum Gasteiger partial charge on any atom is -0.465 e. The van der Waals surface area contributed by atoms with E-state index in [9.17, 15) is 4.79 Å². The highest BCUT2D eigenvalue weighted by molar-refractivity contribution is 5.71. The van der Waals surface area contributed by atoms with E-state index in [4.69, 9.17) is 0 Å². The number of rotatable bonds is 4. The molecule has 0 saturated heterocycles. The summed E-state index contributed by atoms with van der Waals surface area (Å²) in [6.45, 7) is 2.46. The van der Waals surface area contributed by atoms with Crippen LogP contribution >= 0.6 is 0 Å². The topological polar surface area (TPSA) is 41.6 Å². The van der Waals surface area contributed by atoms with Crippen LogP contribution in [-0.2, 0) is 9.53 Å². The molecule has 0 radical (unpaired) electrons. The van der Waals surface area contributed by atoms with Crippen molar-refractivity contribution in [2.24, 2.45) is 0 Å². The molecule has 0 spiro atoms. The molecule has 0 saturated carbocycles.